The number of alkyl halides is 1. The van der Waals surface area contributed by atoms with Crippen LogP contribution in [0.4, 0.5) is 4.39 Å². The van der Waals surface area contributed by atoms with Crippen LogP contribution in [0.15, 0.2) is 16.7 Å². The number of nitrogens with zero attached hydrogens (tertiary/aromatic N) is 2. The lowest BCUT2D eigenvalue weighted by Crippen LogP contribution is -2.41. The second-order valence-corrected chi connectivity index (χ2v) is 7.66. The van der Waals surface area contributed by atoms with E-state index in [0.29, 0.717) is 19.4 Å². The molecule has 0 aromatic rings. The molecule has 0 atom stereocenters. The van der Waals surface area contributed by atoms with Gasteiger partial charge in [-0.2, -0.15) is 0 Å². The molecular formula is C17H31BFN3O2. The quantitative estimate of drug-likeness (QED) is 0.458. The van der Waals surface area contributed by atoms with Crippen LogP contribution in [0.3, 0.4) is 0 Å². The van der Waals surface area contributed by atoms with Crippen molar-refractivity contribution in [2.45, 2.75) is 64.3 Å². The summed E-state index contributed by atoms with van der Waals surface area (Å²) in [5.41, 5.74) is 5.69. The normalized spacial score (nSPS) is 25.7. The van der Waals surface area contributed by atoms with E-state index in [2.05, 4.69) is 9.89 Å². The summed E-state index contributed by atoms with van der Waals surface area (Å²) in [6.45, 7) is 11.4. The van der Waals surface area contributed by atoms with Crippen LogP contribution < -0.4 is 5.73 Å². The Hall–Kier alpha value is -0.915. The molecule has 136 valence electrons. The predicted molar refractivity (Wildman–Crippen MR) is 96.9 cm³/mol. The zero-order valence-corrected chi connectivity index (χ0v) is 15.4. The Morgan fingerprint density at radius 2 is 1.83 bits per heavy atom. The largest absolute Gasteiger partial charge is 0.497 e. The first-order valence-corrected chi connectivity index (χ1v) is 8.89. The molecule has 2 aliphatic heterocycles. The first kappa shape index (κ1) is 19.4. The fraction of sp³-hybridized carbons (Fsp3) is 0.824. The SMILES string of the molecule is CC1(C)OB(C(C=NCCCN2CCC(F)CC2)=CN)OC1(C)C. The lowest BCUT2D eigenvalue weighted by molar-refractivity contribution is 0.00578. The summed E-state index contributed by atoms with van der Waals surface area (Å²) in [7, 11) is -0.479. The molecule has 2 heterocycles. The van der Waals surface area contributed by atoms with Gasteiger partial charge in [-0.15, -0.1) is 0 Å². The highest BCUT2D eigenvalue weighted by atomic mass is 19.1. The highest BCUT2D eigenvalue weighted by Crippen LogP contribution is 2.38. The van der Waals surface area contributed by atoms with Crippen LogP contribution in [0, 0.1) is 0 Å². The van der Waals surface area contributed by atoms with Crippen molar-refractivity contribution >= 4 is 13.3 Å². The third-order valence-corrected chi connectivity index (χ3v) is 5.24. The Morgan fingerprint density at radius 1 is 1.25 bits per heavy atom. The Kier molecular flexibility index (Phi) is 6.45. The Bertz CT molecular complexity index is 458. The summed E-state index contributed by atoms with van der Waals surface area (Å²) < 4.78 is 25.0. The van der Waals surface area contributed by atoms with Crippen LogP contribution in [0.5, 0.6) is 0 Å². The number of halogens is 1. The van der Waals surface area contributed by atoms with E-state index in [-0.39, 0.29) is 11.2 Å². The minimum Gasteiger partial charge on any atom is -0.405 e. The Labute approximate surface area is 145 Å². The van der Waals surface area contributed by atoms with E-state index in [9.17, 15) is 4.39 Å². The smallest absolute Gasteiger partial charge is 0.405 e. The maximum absolute atomic E-state index is 13.1. The summed E-state index contributed by atoms with van der Waals surface area (Å²) >= 11 is 0. The molecule has 0 bridgehead atoms. The van der Waals surface area contributed by atoms with Gasteiger partial charge in [-0.3, -0.25) is 4.99 Å². The van der Waals surface area contributed by atoms with Gasteiger partial charge >= 0.3 is 7.12 Å². The highest BCUT2D eigenvalue weighted by molar-refractivity contribution is 6.60. The molecule has 2 N–H and O–H groups in total. The summed E-state index contributed by atoms with van der Waals surface area (Å²) in [4.78, 5) is 6.75. The van der Waals surface area contributed by atoms with Crippen LogP contribution in [-0.2, 0) is 9.31 Å². The molecule has 0 radical (unpaired) electrons. The lowest BCUT2D eigenvalue weighted by Gasteiger charge is -2.32. The summed E-state index contributed by atoms with van der Waals surface area (Å²) in [5, 5.41) is 0. The highest BCUT2D eigenvalue weighted by Gasteiger charge is 2.52. The van der Waals surface area contributed by atoms with Crippen molar-refractivity contribution in [3.63, 3.8) is 0 Å². The molecule has 24 heavy (non-hydrogen) atoms. The van der Waals surface area contributed by atoms with E-state index in [1.165, 1.54) is 6.20 Å². The van der Waals surface area contributed by atoms with E-state index >= 15 is 0 Å². The number of hydrogen-bond acceptors (Lipinski definition) is 5. The molecule has 0 aliphatic carbocycles. The molecule has 2 rings (SSSR count). The third-order valence-electron chi connectivity index (χ3n) is 5.24. The van der Waals surface area contributed by atoms with Gasteiger partial charge < -0.3 is 19.9 Å². The van der Waals surface area contributed by atoms with Gasteiger partial charge in [0.1, 0.15) is 6.17 Å². The molecule has 7 heteroatoms. The molecule has 0 spiro atoms. The number of piperidine rings is 1. The second-order valence-electron chi connectivity index (χ2n) is 7.66. The number of rotatable bonds is 6. The molecular weight excluding hydrogens is 308 g/mol. The molecule has 2 fully saturated rings. The first-order valence-electron chi connectivity index (χ1n) is 8.89. The second kappa shape index (κ2) is 7.98. The van der Waals surface area contributed by atoms with E-state index < -0.39 is 13.3 Å². The van der Waals surface area contributed by atoms with Crippen molar-refractivity contribution in [3.05, 3.63) is 11.7 Å². The number of nitrogens with two attached hydrogens (primary N) is 1. The van der Waals surface area contributed by atoms with Crippen LogP contribution in [0.2, 0.25) is 0 Å². The van der Waals surface area contributed by atoms with E-state index in [1.54, 1.807) is 6.21 Å². The van der Waals surface area contributed by atoms with E-state index in [0.717, 1.165) is 31.5 Å². The maximum atomic E-state index is 13.1. The summed E-state index contributed by atoms with van der Waals surface area (Å²) in [5.74, 6) is 0. The van der Waals surface area contributed by atoms with Crippen molar-refractivity contribution in [1.82, 2.24) is 4.90 Å². The van der Waals surface area contributed by atoms with Gasteiger partial charge in [0.15, 0.2) is 0 Å². The number of aliphatic imine (C=N–C) groups is 1. The van der Waals surface area contributed by atoms with E-state index in [1.807, 2.05) is 27.7 Å². The fourth-order valence-corrected chi connectivity index (χ4v) is 2.84. The van der Waals surface area contributed by atoms with Crippen molar-refractivity contribution < 1.29 is 13.7 Å². The van der Waals surface area contributed by atoms with Gasteiger partial charge in [-0.05, 0) is 59.7 Å². The monoisotopic (exact) mass is 339 g/mol. The molecule has 2 saturated heterocycles. The number of hydrogen-bond donors (Lipinski definition) is 1. The van der Waals surface area contributed by atoms with Crippen molar-refractivity contribution in [2.24, 2.45) is 10.7 Å². The average Bonchev–Trinajstić information content (AvgIpc) is 2.73. The van der Waals surface area contributed by atoms with Gasteiger partial charge in [-0.1, -0.05) is 0 Å². The van der Waals surface area contributed by atoms with Crippen LogP contribution in [0.1, 0.15) is 47.0 Å². The molecule has 0 amide bonds. The molecule has 0 unspecified atom stereocenters. The first-order chi connectivity index (χ1) is 11.2. The van der Waals surface area contributed by atoms with Crippen molar-refractivity contribution in [3.8, 4) is 0 Å². The average molecular weight is 339 g/mol. The zero-order valence-electron chi connectivity index (χ0n) is 15.4. The van der Waals surface area contributed by atoms with Crippen LogP contribution >= 0.6 is 0 Å². The zero-order chi connectivity index (χ0) is 17.8. The molecule has 0 aromatic carbocycles. The molecule has 0 saturated carbocycles. The molecule has 5 nitrogen and oxygen atoms in total. The van der Waals surface area contributed by atoms with E-state index in [4.69, 9.17) is 15.0 Å². The fourth-order valence-electron chi connectivity index (χ4n) is 2.84. The maximum Gasteiger partial charge on any atom is 0.497 e. The van der Waals surface area contributed by atoms with Gasteiger partial charge in [0.25, 0.3) is 0 Å². The Balaban J connectivity index is 1.74. The van der Waals surface area contributed by atoms with Gasteiger partial charge in [-0.25, -0.2) is 4.39 Å². The summed E-state index contributed by atoms with van der Waals surface area (Å²) in [6, 6.07) is 0. The predicted octanol–water partition coefficient (Wildman–Crippen LogP) is 2.36. The van der Waals surface area contributed by atoms with Gasteiger partial charge in [0.2, 0.25) is 0 Å². The molecule has 0 aromatic heterocycles. The third kappa shape index (κ3) is 4.80. The van der Waals surface area contributed by atoms with Gasteiger partial charge in [0, 0.05) is 31.3 Å². The summed E-state index contributed by atoms with van der Waals surface area (Å²) in [6.07, 6.45) is 4.90. The van der Waals surface area contributed by atoms with Crippen LogP contribution in [0.25, 0.3) is 0 Å². The van der Waals surface area contributed by atoms with Crippen LogP contribution in [-0.4, -0.2) is 61.8 Å². The van der Waals surface area contributed by atoms with Gasteiger partial charge in [0.05, 0.1) is 11.2 Å². The topological polar surface area (TPSA) is 60.1 Å². The minimum absolute atomic E-state index is 0.387. The Morgan fingerprint density at radius 3 is 2.38 bits per heavy atom. The minimum atomic E-state index is -0.614. The van der Waals surface area contributed by atoms with Crippen molar-refractivity contribution in [2.75, 3.05) is 26.2 Å². The number of allylic oxidation sites excluding steroid dienone is 1. The van der Waals surface area contributed by atoms with Crippen molar-refractivity contribution in [1.29, 1.82) is 0 Å². The lowest BCUT2D eigenvalue weighted by atomic mass is 9.79. The standard InChI is InChI=1S/C17H31BFN3O2/c1-16(2)17(3,4)24-18(23-16)14(12-20)13-21-8-5-9-22-10-6-15(19)7-11-22/h12-13,15H,5-11,20H2,1-4H3. The molecule has 2 aliphatic rings. The number of likely N-dealkylation sites (tertiary alicyclic amines) is 1.